The van der Waals surface area contributed by atoms with E-state index in [1.165, 1.54) is 0 Å². The SMILES string of the molecule is C=CCNc1ccc(NC(=O)C(C)(C)C)cn1. The second kappa shape index (κ2) is 5.48. The molecule has 1 amide bonds. The number of hydrogen-bond acceptors (Lipinski definition) is 3. The molecule has 0 unspecified atom stereocenters. The third-order valence-corrected chi connectivity index (χ3v) is 2.13. The van der Waals surface area contributed by atoms with Gasteiger partial charge in [0.1, 0.15) is 5.82 Å². The number of pyridine rings is 1. The average molecular weight is 233 g/mol. The van der Waals surface area contributed by atoms with E-state index in [0.29, 0.717) is 12.2 Å². The van der Waals surface area contributed by atoms with Crippen LogP contribution in [-0.2, 0) is 4.79 Å². The summed E-state index contributed by atoms with van der Waals surface area (Å²) in [4.78, 5) is 15.9. The van der Waals surface area contributed by atoms with Crippen LogP contribution in [0.2, 0.25) is 0 Å². The van der Waals surface area contributed by atoms with Gasteiger partial charge in [-0.1, -0.05) is 26.8 Å². The lowest BCUT2D eigenvalue weighted by atomic mass is 9.96. The van der Waals surface area contributed by atoms with E-state index in [4.69, 9.17) is 0 Å². The Bertz CT molecular complexity index is 390. The lowest BCUT2D eigenvalue weighted by molar-refractivity contribution is -0.123. The highest BCUT2D eigenvalue weighted by Gasteiger charge is 2.21. The van der Waals surface area contributed by atoms with Crippen LogP contribution in [0.1, 0.15) is 20.8 Å². The maximum Gasteiger partial charge on any atom is 0.229 e. The number of rotatable bonds is 4. The summed E-state index contributed by atoms with van der Waals surface area (Å²) in [6.07, 6.45) is 3.39. The van der Waals surface area contributed by atoms with Crippen molar-refractivity contribution in [3.63, 3.8) is 0 Å². The van der Waals surface area contributed by atoms with Gasteiger partial charge in [0.05, 0.1) is 11.9 Å². The minimum atomic E-state index is -0.403. The molecule has 4 heteroatoms. The van der Waals surface area contributed by atoms with Gasteiger partial charge in [0.15, 0.2) is 0 Å². The van der Waals surface area contributed by atoms with Crippen molar-refractivity contribution in [2.45, 2.75) is 20.8 Å². The van der Waals surface area contributed by atoms with Crippen LogP contribution in [0, 0.1) is 5.41 Å². The van der Waals surface area contributed by atoms with E-state index in [0.717, 1.165) is 5.82 Å². The number of nitrogens with zero attached hydrogens (tertiary/aromatic N) is 1. The lowest BCUT2D eigenvalue weighted by Crippen LogP contribution is -2.27. The fraction of sp³-hybridized carbons (Fsp3) is 0.385. The van der Waals surface area contributed by atoms with E-state index < -0.39 is 5.41 Å². The number of carbonyl (C=O) groups is 1. The molecule has 1 aromatic rings. The number of nitrogens with one attached hydrogen (secondary N) is 2. The third kappa shape index (κ3) is 4.26. The summed E-state index contributed by atoms with van der Waals surface area (Å²) in [7, 11) is 0. The van der Waals surface area contributed by atoms with E-state index >= 15 is 0 Å². The molecule has 0 radical (unpaired) electrons. The molecule has 1 aromatic heterocycles. The Morgan fingerprint density at radius 2 is 2.18 bits per heavy atom. The molecule has 0 aromatic carbocycles. The normalized spacial score (nSPS) is 10.8. The van der Waals surface area contributed by atoms with Crippen molar-refractivity contribution < 1.29 is 4.79 Å². The van der Waals surface area contributed by atoms with Gasteiger partial charge in [-0.25, -0.2) is 4.98 Å². The minimum absolute atomic E-state index is 0.0221. The summed E-state index contributed by atoms with van der Waals surface area (Å²) >= 11 is 0. The summed E-state index contributed by atoms with van der Waals surface area (Å²) in [5.74, 6) is 0.741. The van der Waals surface area contributed by atoms with Crippen molar-refractivity contribution in [2.24, 2.45) is 5.41 Å². The highest BCUT2D eigenvalue weighted by Crippen LogP contribution is 2.17. The Morgan fingerprint density at radius 3 is 2.65 bits per heavy atom. The van der Waals surface area contributed by atoms with E-state index in [1.54, 1.807) is 12.3 Å². The summed E-state index contributed by atoms with van der Waals surface area (Å²) in [5.41, 5.74) is 0.300. The molecular weight excluding hydrogens is 214 g/mol. The summed E-state index contributed by atoms with van der Waals surface area (Å²) in [6.45, 7) is 9.89. The van der Waals surface area contributed by atoms with Crippen LogP contribution in [0.4, 0.5) is 11.5 Å². The minimum Gasteiger partial charge on any atom is -0.367 e. The molecule has 0 aliphatic heterocycles. The number of hydrogen-bond donors (Lipinski definition) is 2. The molecule has 2 N–H and O–H groups in total. The highest BCUT2D eigenvalue weighted by atomic mass is 16.2. The Labute approximate surface area is 102 Å². The molecular formula is C13H19N3O. The Kier molecular flexibility index (Phi) is 4.26. The van der Waals surface area contributed by atoms with Crippen molar-refractivity contribution >= 4 is 17.4 Å². The van der Waals surface area contributed by atoms with Crippen molar-refractivity contribution in [2.75, 3.05) is 17.2 Å². The van der Waals surface area contributed by atoms with Crippen molar-refractivity contribution in [3.8, 4) is 0 Å². The maximum absolute atomic E-state index is 11.7. The molecule has 92 valence electrons. The molecule has 4 nitrogen and oxygen atoms in total. The number of anilines is 2. The van der Waals surface area contributed by atoms with Gasteiger partial charge < -0.3 is 10.6 Å². The quantitative estimate of drug-likeness (QED) is 0.786. The van der Waals surface area contributed by atoms with E-state index in [2.05, 4.69) is 22.2 Å². The third-order valence-electron chi connectivity index (χ3n) is 2.13. The van der Waals surface area contributed by atoms with E-state index in [-0.39, 0.29) is 5.91 Å². The van der Waals surface area contributed by atoms with Crippen molar-refractivity contribution in [1.29, 1.82) is 0 Å². The molecule has 0 spiro atoms. The molecule has 0 saturated carbocycles. The summed E-state index contributed by atoms with van der Waals surface area (Å²) in [6, 6.07) is 3.64. The Morgan fingerprint density at radius 1 is 1.47 bits per heavy atom. The molecule has 0 aliphatic rings. The van der Waals surface area contributed by atoms with E-state index in [1.807, 2.05) is 32.9 Å². The van der Waals surface area contributed by atoms with Crippen molar-refractivity contribution in [3.05, 3.63) is 31.0 Å². The first kappa shape index (κ1) is 13.2. The number of carbonyl (C=O) groups excluding carboxylic acids is 1. The van der Waals surface area contributed by atoms with Crippen LogP contribution in [0.5, 0.6) is 0 Å². The topological polar surface area (TPSA) is 54.0 Å². The molecule has 0 aliphatic carbocycles. The van der Waals surface area contributed by atoms with Gasteiger partial charge >= 0.3 is 0 Å². The zero-order valence-corrected chi connectivity index (χ0v) is 10.6. The fourth-order valence-electron chi connectivity index (χ4n) is 1.07. The zero-order valence-electron chi connectivity index (χ0n) is 10.6. The lowest BCUT2D eigenvalue weighted by Gasteiger charge is -2.17. The first-order valence-electron chi connectivity index (χ1n) is 5.56. The highest BCUT2D eigenvalue weighted by molar-refractivity contribution is 5.94. The van der Waals surface area contributed by atoms with Crippen molar-refractivity contribution in [1.82, 2.24) is 4.98 Å². The predicted molar refractivity (Wildman–Crippen MR) is 71.0 cm³/mol. The van der Waals surface area contributed by atoms with Crippen LogP contribution in [0.25, 0.3) is 0 Å². The molecule has 1 heterocycles. The smallest absolute Gasteiger partial charge is 0.229 e. The van der Waals surface area contributed by atoms with Gasteiger partial charge in [-0.2, -0.15) is 0 Å². The molecule has 0 fully saturated rings. The van der Waals surface area contributed by atoms with Gasteiger partial charge in [-0.15, -0.1) is 6.58 Å². The van der Waals surface area contributed by atoms with Gasteiger partial charge in [0.25, 0.3) is 0 Å². The summed E-state index contributed by atoms with van der Waals surface area (Å²) in [5, 5.41) is 5.88. The van der Waals surface area contributed by atoms with Crippen LogP contribution >= 0.6 is 0 Å². The standard InChI is InChI=1S/C13H19N3O/c1-5-8-14-11-7-6-10(9-15-11)16-12(17)13(2,3)4/h5-7,9H,1,8H2,2-4H3,(H,14,15)(H,16,17). The van der Waals surface area contributed by atoms with Gasteiger partial charge in [-0.3, -0.25) is 4.79 Å². The van der Waals surface area contributed by atoms with Crippen LogP contribution < -0.4 is 10.6 Å². The Hall–Kier alpha value is -1.84. The molecule has 0 saturated heterocycles. The average Bonchev–Trinajstić information content (AvgIpc) is 2.27. The monoisotopic (exact) mass is 233 g/mol. The van der Waals surface area contributed by atoms with Gasteiger partial charge in [0.2, 0.25) is 5.91 Å². The van der Waals surface area contributed by atoms with Gasteiger partial charge in [-0.05, 0) is 12.1 Å². The maximum atomic E-state index is 11.7. The van der Waals surface area contributed by atoms with E-state index in [9.17, 15) is 4.79 Å². The molecule has 0 atom stereocenters. The predicted octanol–water partition coefficient (Wildman–Crippen LogP) is 2.66. The largest absolute Gasteiger partial charge is 0.367 e. The van der Waals surface area contributed by atoms with Crippen LogP contribution in [0.15, 0.2) is 31.0 Å². The first-order valence-corrected chi connectivity index (χ1v) is 5.56. The summed E-state index contributed by atoms with van der Waals surface area (Å²) < 4.78 is 0. The second-order valence-electron chi connectivity index (χ2n) is 4.81. The van der Waals surface area contributed by atoms with Gasteiger partial charge in [0, 0.05) is 12.0 Å². The fourth-order valence-corrected chi connectivity index (χ4v) is 1.07. The molecule has 0 bridgehead atoms. The van der Waals surface area contributed by atoms with Crippen LogP contribution in [-0.4, -0.2) is 17.4 Å². The van der Waals surface area contributed by atoms with Crippen LogP contribution in [0.3, 0.4) is 0 Å². The first-order chi connectivity index (χ1) is 7.93. The number of aromatic nitrogens is 1. The zero-order chi connectivity index (χ0) is 12.9. The molecule has 17 heavy (non-hydrogen) atoms. The Balaban J connectivity index is 2.62. The second-order valence-corrected chi connectivity index (χ2v) is 4.81. The molecule has 1 rings (SSSR count). The number of amides is 1.